The average molecular weight is 270 g/mol. The first-order valence-electron chi connectivity index (χ1n) is 7.90. The van der Waals surface area contributed by atoms with Gasteiger partial charge < -0.3 is 10.6 Å². The van der Waals surface area contributed by atoms with Gasteiger partial charge in [-0.3, -0.25) is 4.79 Å². The van der Waals surface area contributed by atoms with Crippen molar-refractivity contribution in [2.45, 2.75) is 66.7 Å². The lowest BCUT2D eigenvalue weighted by Crippen LogP contribution is -2.44. The van der Waals surface area contributed by atoms with Crippen LogP contribution in [0.2, 0.25) is 0 Å². The molecule has 19 heavy (non-hydrogen) atoms. The fourth-order valence-electron chi connectivity index (χ4n) is 2.33. The first-order valence-corrected chi connectivity index (χ1v) is 7.90. The average Bonchev–Trinajstić information content (AvgIpc) is 2.38. The van der Waals surface area contributed by atoms with E-state index in [2.05, 4.69) is 34.6 Å². The van der Waals surface area contributed by atoms with Crippen LogP contribution in [0.1, 0.15) is 66.7 Å². The van der Waals surface area contributed by atoms with Crippen LogP contribution in [0.15, 0.2) is 0 Å². The minimum absolute atomic E-state index is 0.00782. The van der Waals surface area contributed by atoms with Crippen molar-refractivity contribution in [1.29, 1.82) is 0 Å². The number of carbonyl (C=O) groups is 1. The second-order valence-electron chi connectivity index (χ2n) is 6.38. The Morgan fingerprint density at radius 2 is 1.84 bits per heavy atom. The highest BCUT2D eigenvalue weighted by atomic mass is 16.2. The van der Waals surface area contributed by atoms with Crippen molar-refractivity contribution in [1.82, 2.24) is 4.90 Å². The van der Waals surface area contributed by atoms with Gasteiger partial charge in [-0.15, -0.1) is 0 Å². The minimum atomic E-state index is 0.00782. The molecule has 1 amide bonds. The molecule has 1 atom stereocenters. The molecule has 3 heteroatoms. The van der Waals surface area contributed by atoms with Gasteiger partial charge in [-0.05, 0) is 31.2 Å². The predicted octanol–water partition coefficient (Wildman–Crippen LogP) is 3.43. The maximum absolute atomic E-state index is 12.6. The van der Waals surface area contributed by atoms with E-state index in [0.29, 0.717) is 12.5 Å². The summed E-state index contributed by atoms with van der Waals surface area (Å²) in [6.45, 7) is 12.9. The third-order valence-electron chi connectivity index (χ3n) is 3.72. The van der Waals surface area contributed by atoms with Gasteiger partial charge in [-0.25, -0.2) is 0 Å². The molecule has 0 aliphatic rings. The number of nitrogens with two attached hydrogens (primary N) is 1. The van der Waals surface area contributed by atoms with Crippen molar-refractivity contribution in [3.8, 4) is 0 Å². The molecule has 0 aromatic heterocycles. The van der Waals surface area contributed by atoms with E-state index in [4.69, 9.17) is 5.73 Å². The summed E-state index contributed by atoms with van der Waals surface area (Å²) < 4.78 is 0. The van der Waals surface area contributed by atoms with E-state index in [1.165, 1.54) is 0 Å². The van der Waals surface area contributed by atoms with E-state index in [1.54, 1.807) is 0 Å². The molecule has 0 spiro atoms. The van der Waals surface area contributed by atoms with Crippen LogP contribution in [0.3, 0.4) is 0 Å². The zero-order valence-electron chi connectivity index (χ0n) is 13.7. The van der Waals surface area contributed by atoms with E-state index in [1.807, 2.05) is 4.90 Å². The number of carbonyl (C=O) groups excluding carboxylic acids is 1. The Hall–Kier alpha value is -0.570. The second kappa shape index (κ2) is 9.35. The number of nitrogens with zero attached hydrogens (tertiary/aromatic N) is 1. The lowest BCUT2D eigenvalue weighted by molar-refractivity contribution is -0.137. The van der Waals surface area contributed by atoms with Crippen LogP contribution in [0, 0.1) is 11.3 Å². The van der Waals surface area contributed by atoms with Crippen LogP contribution in [0.5, 0.6) is 0 Å². The molecule has 0 rings (SSSR count). The van der Waals surface area contributed by atoms with Gasteiger partial charge in [-0.1, -0.05) is 47.5 Å². The van der Waals surface area contributed by atoms with Crippen molar-refractivity contribution in [2.24, 2.45) is 17.1 Å². The van der Waals surface area contributed by atoms with Crippen LogP contribution < -0.4 is 5.73 Å². The first-order chi connectivity index (χ1) is 8.91. The maximum atomic E-state index is 12.6. The minimum Gasteiger partial charge on any atom is -0.342 e. The van der Waals surface area contributed by atoms with Gasteiger partial charge in [0, 0.05) is 19.0 Å². The molecule has 114 valence electrons. The zero-order valence-corrected chi connectivity index (χ0v) is 13.7. The topological polar surface area (TPSA) is 46.3 Å². The van der Waals surface area contributed by atoms with Crippen LogP contribution in [-0.4, -0.2) is 30.4 Å². The van der Waals surface area contributed by atoms with Crippen LogP contribution in [-0.2, 0) is 4.79 Å². The summed E-state index contributed by atoms with van der Waals surface area (Å²) in [7, 11) is 0. The van der Waals surface area contributed by atoms with E-state index in [9.17, 15) is 4.79 Å². The van der Waals surface area contributed by atoms with Crippen LogP contribution >= 0.6 is 0 Å². The molecule has 0 heterocycles. The molecule has 0 radical (unpaired) electrons. The second-order valence-corrected chi connectivity index (χ2v) is 6.38. The van der Waals surface area contributed by atoms with Gasteiger partial charge >= 0.3 is 0 Å². The number of unbranched alkanes of at least 4 members (excludes halogenated alkanes) is 1. The highest BCUT2D eigenvalue weighted by Gasteiger charge is 2.27. The maximum Gasteiger partial charge on any atom is 0.225 e. The Balaban J connectivity index is 4.70. The van der Waals surface area contributed by atoms with Gasteiger partial charge in [0.05, 0.1) is 0 Å². The number of rotatable bonds is 10. The van der Waals surface area contributed by atoms with E-state index < -0.39 is 0 Å². The molecular formula is C16H34N2O. The van der Waals surface area contributed by atoms with Crippen molar-refractivity contribution < 1.29 is 4.79 Å². The SMILES string of the molecule is CCCCC(CC)C(=O)N(CCC)CC(C)(C)CN. The Morgan fingerprint density at radius 1 is 1.21 bits per heavy atom. The van der Waals surface area contributed by atoms with Crippen molar-refractivity contribution in [3.63, 3.8) is 0 Å². The summed E-state index contributed by atoms with van der Waals surface area (Å²) in [6, 6.07) is 0. The van der Waals surface area contributed by atoms with Crippen LogP contribution in [0.4, 0.5) is 0 Å². The Morgan fingerprint density at radius 3 is 2.26 bits per heavy atom. The standard InChI is InChI=1S/C16H34N2O/c1-6-9-10-14(8-3)15(19)18(11-7-2)13-16(4,5)12-17/h14H,6-13,17H2,1-5H3. The third kappa shape index (κ3) is 6.95. The third-order valence-corrected chi connectivity index (χ3v) is 3.72. The van der Waals surface area contributed by atoms with Gasteiger partial charge in [0.15, 0.2) is 0 Å². The fraction of sp³-hybridized carbons (Fsp3) is 0.938. The molecule has 0 saturated carbocycles. The first kappa shape index (κ1) is 18.4. The van der Waals surface area contributed by atoms with Gasteiger partial charge in [0.1, 0.15) is 0 Å². The molecule has 0 aromatic carbocycles. The summed E-state index contributed by atoms with van der Waals surface area (Å²) in [5.74, 6) is 0.527. The Labute approximate surface area is 119 Å². The molecule has 0 aliphatic heterocycles. The highest BCUT2D eigenvalue weighted by molar-refractivity contribution is 5.78. The lowest BCUT2D eigenvalue weighted by Gasteiger charge is -2.34. The molecule has 1 unspecified atom stereocenters. The summed E-state index contributed by atoms with van der Waals surface area (Å²) in [5.41, 5.74) is 5.81. The Kier molecular flexibility index (Phi) is 9.07. The van der Waals surface area contributed by atoms with Crippen molar-refractivity contribution in [3.05, 3.63) is 0 Å². The normalized spacial score (nSPS) is 13.4. The molecule has 0 aliphatic carbocycles. The summed E-state index contributed by atoms with van der Waals surface area (Å²) >= 11 is 0. The quantitative estimate of drug-likeness (QED) is 0.661. The Bertz CT molecular complexity index is 251. The van der Waals surface area contributed by atoms with Gasteiger partial charge in [-0.2, -0.15) is 0 Å². The monoisotopic (exact) mass is 270 g/mol. The highest BCUT2D eigenvalue weighted by Crippen LogP contribution is 2.21. The van der Waals surface area contributed by atoms with Crippen molar-refractivity contribution in [2.75, 3.05) is 19.6 Å². The molecule has 0 bridgehead atoms. The van der Waals surface area contributed by atoms with Crippen molar-refractivity contribution >= 4 is 5.91 Å². The van der Waals surface area contributed by atoms with Gasteiger partial charge in [0.25, 0.3) is 0 Å². The number of hydrogen-bond acceptors (Lipinski definition) is 2. The largest absolute Gasteiger partial charge is 0.342 e. The van der Waals surface area contributed by atoms with Gasteiger partial charge in [0.2, 0.25) is 5.91 Å². The molecule has 0 aromatic rings. The fourth-order valence-corrected chi connectivity index (χ4v) is 2.33. The zero-order chi connectivity index (χ0) is 14.9. The summed E-state index contributed by atoms with van der Waals surface area (Å²) in [4.78, 5) is 14.7. The summed E-state index contributed by atoms with van der Waals surface area (Å²) in [6.07, 6.45) is 5.28. The smallest absolute Gasteiger partial charge is 0.225 e. The molecule has 3 nitrogen and oxygen atoms in total. The molecule has 0 fully saturated rings. The van der Waals surface area contributed by atoms with E-state index in [0.717, 1.165) is 45.2 Å². The van der Waals surface area contributed by atoms with E-state index in [-0.39, 0.29) is 11.3 Å². The molecule has 2 N–H and O–H groups in total. The lowest BCUT2D eigenvalue weighted by atomic mass is 9.91. The van der Waals surface area contributed by atoms with Crippen LogP contribution in [0.25, 0.3) is 0 Å². The number of amides is 1. The molecule has 0 saturated heterocycles. The molecular weight excluding hydrogens is 236 g/mol. The number of hydrogen-bond donors (Lipinski definition) is 1. The summed E-state index contributed by atoms with van der Waals surface area (Å²) in [5, 5.41) is 0. The predicted molar refractivity (Wildman–Crippen MR) is 83.0 cm³/mol. The van der Waals surface area contributed by atoms with E-state index >= 15 is 0 Å².